The SMILES string of the molecule is CC(C)(C)c1nc(N2CC[C@H](O)C2)c2nn(Cc3cccnc3Nc3ncc([N+](=O)[O-])c4oncc34)nc2n1. The van der Waals surface area contributed by atoms with Crippen molar-refractivity contribution in [3.63, 3.8) is 0 Å². The maximum absolute atomic E-state index is 11.3. The number of anilines is 3. The van der Waals surface area contributed by atoms with Crippen molar-refractivity contribution in [3.05, 3.63) is 52.2 Å². The van der Waals surface area contributed by atoms with E-state index in [-0.39, 0.29) is 23.2 Å². The van der Waals surface area contributed by atoms with Crippen LogP contribution in [0.15, 0.2) is 35.2 Å². The average Bonchev–Trinajstić information content (AvgIpc) is 3.63. The summed E-state index contributed by atoms with van der Waals surface area (Å²) < 4.78 is 5.09. The molecule has 0 saturated carbocycles. The highest BCUT2D eigenvalue weighted by Crippen LogP contribution is 2.32. The minimum Gasteiger partial charge on any atom is -0.391 e. The number of pyridine rings is 2. The van der Waals surface area contributed by atoms with Gasteiger partial charge >= 0.3 is 5.69 Å². The van der Waals surface area contributed by atoms with Crippen molar-refractivity contribution in [1.82, 2.24) is 40.1 Å². The fourth-order valence-electron chi connectivity index (χ4n) is 4.42. The van der Waals surface area contributed by atoms with Crippen LogP contribution >= 0.6 is 0 Å². The molecule has 6 heterocycles. The maximum Gasteiger partial charge on any atom is 0.333 e. The lowest BCUT2D eigenvalue weighted by Gasteiger charge is -2.21. The summed E-state index contributed by atoms with van der Waals surface area (Å²) in [6.45, 7) is 7.49. The Balaban J connectivity index is 1.36. The number of rotatable bonds is 6. The number of nitrogens with zero attached hydrogens (tertiary/aromatic N) is 10. The number of hydrogen-bond donors (Lipinski definition) is 2. The van der Waals surface area contributed by atoms with E-state index in [0.717, 1.165) is 11.8 Å². The smallest absolute Gasteiger partial charge is 0.333 e. The second-order valence-electron chi connectivity index (χ2n) is 10.4. The molecule has 6 rings (SSSR count). The summed E-state index contributed by atoms with van der Waals surface area (Å²) in [5.41, 5.74) is 1.19. The molecule has 0 aromatic carbocycles. The number of hydrogen-bond acceptors (Lipinski definition) is 13. The Bertz CT molecular complexity index is 1710. The highest BCUT2D eigenvalue weighted by atomic mass is 16.6. The number of fused-ring (bicyclic) bond motifs is 2. The van der Waals surface area contributed by atoms with Crippen LogP contribution in [0.3, 0.4) is 0 Å². The molecule has 1 aliphatic heterocycles. The number of aliphatic hydroxyl groups excluding tert-OH is 1. The Morgan fingerprint density at radius 2 is 2.05 bits per heavy atom. The summed E-state index contributed by atoms with van der Waals surface area (Å²) in [5.74, 6) is 2.07. The maximum atomic E-state index is 11.3. The quantitative estimate of drug-likeness (QED) is 0.241. The first-order valence-electron chi connectivity index (χ1n) is 12.3. The molecule has 39 heavy (non-hydrogen) atoms. The van der Waals surface area contributed by atoms with Crippen molar-refractivity contribution in [3.8, 4) is 0 Å². The van der Waals surface area contributed by atoms with Crippen LogP contribution < -0.4 is 10.2 Å². The minimum atomic E-state index is -0.574. The molecular formula is C24H25N11O4. The zero-order valence-electron chi connectivity index (χ0n) is 21.4. The summed E-state index contributed by atoms with van der Waals surface area (Å²) in [4.78, 5) is 32.4. The molecule has 1 aliphatic rings. The van der Waals surface area contributed by atoms with Gasteiger partial charge in [-0.2, -0.15) is 4.80 Å². The number of β-amino-alcohol motifs (C(OH)–C–C–N with tert-alkyl or cyclic N) is 1. The highest BCUT2D eigenvalue weighted by molar-refractivity contribution is 5.94. The highest BCUT2D eigenvalue weighted by Gasteiger charge is 2.29. The van der Waals surface area contributed by atoms with Crippen LogP contribution in [0.4, 0.5) is 23.1 Å². The van der Waals surface area contributed by atoms with Crippen LogP contribution in [0.1, 0.15) is 38.6 Å². The fraction of sp³-hybridized carbons (Fsp3) is 0.375. The Labute approximate surface area is 221 Å². The third-order valence-electron chi connectivity index (χ3n) is 6.42. The normalized spacial score (nSPS) is 15.9. The van der Waals surface area contributed by atoms with E-state index in [1.54, 1.807) is 12.3 Å². The summed E-state index contributed by atoms with van der Waals surface area (Å²) in [7, 11) is 0. The van der Waals surface area contributed by atoms with Crippen LogP contribution in [0.5, 0.6) is 0 Å². The lowest BCUT2D eigenvalue weighted by Crippen LogP contribution is -2.25. The molecule has 0 bridgehead atoms. The summed E-state index contributed by atoms with van der Waals surface area (Å²) in [5, 5.41) is 38.0. The number of aromatic nitrogens is 8. The Kier molecular flexibility index (Phi) is 5.79. The third kappa shape index (κ3) is 4.56. The van der Waals surface area contributed by atoms with Gasteiger partial charge < -0.3 is 19.8 Å². The molecule has 200 valence electrons. The van der Waals surface area contributed by atoms with Crippen molar-refractivity contribution >= 4 is 45.3 Å². The Morgan fingerprint density at radius 1 is 1.21 bits per heavy atom. The van der Waals surface area contributed by atoms with Gasteiger partial charge in [-0.1, -0.05) is 32.0 Å². The van der Waals surface area contributed by atoms with Crippen LogP contribution in [0.25, 0.3) is 22.1 Å². The van der Waals surface area contributed by atoms with E-state index in [1.165, 1.54) is 11.0 Å². The standard InChI is InChI=1S/C24H25N11O4/c1-24(2,3)23-29-21-17(22(30-23)33-8-6-14(36)12-33)31-34(32-21)11-13-5-4-7-25-19(13)28-20-15-9-27-39-18(15)16(10-26-20)35(37)38/h4-5,7,9-10,14,36H,6,8,11-12H2,1-3H3,(H,25,26,28)/t14-/m0/s1. The average molecular weight is 532 g/mol. The van der Waals surface area contributed by atoms with Crippen LogP contribution in [0.2, 0.25) is 0 Å². The van der Waals surface area contributed by atoms with E-state index in [4.69, 9.17) is 19.6 Å². The molecule has 5 aromatic heterocycles. The third-order valence-corrected chi connectivity index (χ3v) is 6.42. The van der Waals surface area contributed by atoms with Crippen LogP contribution in [-0.2, 0) is 12.0 Å². The Morgan fingerprint density at radius 3 is 2.79 bits per heavy atom. The molecule has 2 N–H and O–H groups in total. The van der Waals surface area contributed by atoms with Gasteiger partial charge in [-0.05, 0) is 12.5 Å². The topological polar surface area (TPSA) is 187 Å². The fourth-order valence-corrected chi connectivity index (χ4v) is 4.42. The van der Waals surface area contributed by atoms with Crippen molar-refractivity contribution in [2.24, 2.45) is 0 Å². The second-order valence-corrected chi connectivity index (χ2v) is 10.4. The van der Waals surface area contributed by atoms with E-state index < -0.39 is 11.0 Å². The monoisotopic (exact) mass is 531 g/mol. The lowest BCUT2D eigenvalue weighted by molar-refractivity contribution is -0.384. The van der Waals surface area contributed by atoms with E-state index >= 15 is 0 Å². The lowest BCUT2D eigenvalue weighted by atomic mass is 9.96. The van der Waals surface area contributed by atoms with Gasteiger partial charge in [-0.25, -0.2) is 19.9 Å². The van der Waals surface area contributed by atoms with Gasteiger partial charge in [-0.3, -0.25) is 10.1 Å². The van der Waals surface area contributed by atoms with Crippen molar-refractivity contribution < 1.29 is 14.6 Å². The van der Waals surface area contributed by atoms with Gasteiger partial charge in [0.1, 0.15) is 23.7 Å². The molecule has 0 aliphatic carbocycles. The van der Waals surface area contributed by atoms with Crippen LogP contribution in [-0.4, -0.2) is 69.3 Å². The number of nitrogens with one attached hydrogen (secondary N) is 1. The number of aliphatic hydroxyl groups is 1. The van der Waals surface area contributed by atoms with Crippen molar-refractivity contribution in [1.29, 1.82) is 0 Å². The molecule has 1 atom stereocenters. The van der Waals surface area contributed by atoms with Gasteiger partial charge in [-0.15, -0.1) is 10.2 Å². The first-order valence-corrected chi connectivity index (χ1v) is 12.3. The molecule has 15 nitrogen and oxygen atoms in total. The van der Waals surface area contributed by atoms with E-state index in [0.29, 0.717) is 59.3 Å². The predicted molar refractivity (Wildman–Crippen MR) is 140 cm³/mol. The first-order chi connectivity index (χ1) is 18.7. The number of nitro groups is 1. The predicted octanol–water partition coefficient (Wildman–Crippen LogP) is 2.72. The summed E-state index contributed by atoms with van der Waals surface area (Å²) >= 11 is 0. The molecule has 15 heteroatoms. The van der Waals surface area contributed by atoms with Gasteiger partial charge in [0, 0.05) is 30.3 Å². The van der Waals surface area contributed by atoms with Crippen molar-refractivity contribution in [2.45, 2.75) is 45.3 Å². The Hall–Kier alpha value is -4.79. The molecular weight excluding hydrogens is 506 g/mol. The molecule has 0 radical (unpaired) electrons. The zero-order chi connectivity index (χ0) is 27.3. The van der Waals surface area contributed by atoms with Crippen molar-refractivity contribution in [2.75, 3.05) is 23.3 Å². The largest absolute Gasteiger partial charge is 0.391 e. The molecule has 0 spiro atoms. The summed E-state index contributed by atoms with van der Waals surface area (Å²) in [6.07, 6.45) is 4.34. The summed E-state index contributed by atoms with van der Waals surface area (Å²) in [6, 6.07) is 3.65. The molecule has 1 fully saturated rings. The van der Waals surface area contributed by atoms with E-state index in [2.05, 4.69) is 25.5 Å². The van der Waals surface area contributed by atoms with E-state index in [9.17, 15) is 15.2 Å². The van der Waals surface area contributed by atoms with Crippen LogP contribution in [0, 0.1) is 10.1 Å². The van der Waals surface area contributed by atoms with Gasteiger partial charge in [0.25, 0.3) is 0 Å². The zero-order valence-corrected chi connectivity index (χ0v) is 21.4. The first kappa shape index (κ1) is 24.5. The second kappa shape index (κ2) is 9.20. The van der Waals surface area contributed by atoms with Gasteiger partial charge in [0.15, 0.2) is 11.3 Å². The van der Waals surface area contributed by atoms with Gasteiger partial charge in [0.2, 0.25) is 11.2 Å². The molecule has 0 unspecified atom stereocenters. The minimum absolute atomic E-state index is 0.0164. The van der Waals surface area contributed by atoms with Gasteiger partial charge in [0.05, 0.1) is 29.2 Å². The molecule has 5 aromatic rings. The van der Waals surface area contributed by atoms with E-state index in [1.807, 2.05) is 31.7 Å². The molecule has 1 saturated heterocycles. The molecule has 0 amide bonds.